The number of aryl methyl sites for hydroxylation is 1. The second kappa shape index (κ2) is 4.33. The van der Waals surface area contributed by atoms with Crippen molar-refractivity contribution in [3.63, 3.8) is 0 Å². The lowest BCUT2D eigenvalue weighted by molar-refractivity contribution is 0.108. The first kappa shape index (κ1) is 8.52. The second-order valence-electron chi connectivity index (χ2n) is 2.46. The van der Waals surface area contributed by atoms with Crippen molar-refractivity contribution in [2.45, 2.75) is 13.5 Å². The zero-order valence-corrected chi connectivity index (χ0v) is 6.90. The van der Waals surface area contributed by atoms with Crippen LogP contribution in [0.15, 0.2) is 34.8 Å². The SMILES string of the molecule is Cc1ccc(CON=NN)cc1. The molecule has 4 nitrogen and oxygen atoms in total. The highest BCUT2D eigenvalue weighted by Gasteiger charge is 1.90. The summed E-state index contributed by atoms with van der Waals surface area (Å²) < 4.78 is 0. The average Bonchev–Trinajstić information content (AvgIpc) is 2.09. The Hall–Kier alpha value is -1.58. The van der Waals surface area contributed by atoms with E-state index in [4.69, 9.17) is 10.7 Å². The van der Waals surface area contributed by atoms with E-state index in [2.05, 4.69) is 10.5 Å². The molecule has 1 rings (SSSR count). The summed E-state index contributed by atoms with van der Waals surface area (Å²) in [5.74, 6) is 4.75. The molecule has 0 radical (unpaired) electrons. The van der Waals surface area contributed by atoms with Crippen molar-refractivity contribution in [1.82, 2.24) is 0 Å². The average molecular weight is 165 g/mol. The maximum atomic E-state index is 4.75. The van der Waals surface area contributed by atoms with Crippen LogP contribution in [0.2, 0.25) is 0 Å². The molecule has 0 amide bonds. The summed E-state index contributed by atoms with van der Waals surface area (Å²) in [5.41, 5.74) is 2.27. The fraction of sp³-hybridized carbons (Fsp3) is 0.250. The van der Waals surface area contributed by atoms with E-state index in [1.807, 2.05) is 31.2 Å². The standard InChI is InChI=1S/C8H11N3O/c1-7-2-4-8(5-3-7)6-12-11-10-9/h2-5H,6H2,1H3,(H2,9,11). The van der Waals surface area contributed by atoms with Gasteiger partial charge in [0.1, 0.15) is 6.61 Å². The van der Waals surface area contributed by atoms with Gasteiger partial charge in [0.2, 0.25) is 0 Å². The first-order valence-electron chi connectivity index (χ1n) is 3.60. The van der Waals surface area contributed by atoms with Crippen molar-refractivity contribution in [3.05, 3.63) is 35.4 Å². The van der Waals surface area contributed by atoms with Gasteiger partial charge >= 0.3 is 0 Å². The van der Waals surface area contributed by atoms with Crippen LogP contribution in [0.5, 0.6) is 0 Å². The van der Waals surface area contributed by atoms with E-state index in [0.29, 0.717) is 6.61 Å². The number of benzene rings is 1. The van der Waals surface area contributed by atoms with E-state index in [0.717, 1.165) is 5.56 Å². The van der Waals surface area contributed by atoms with Gasteiger partial charge in [0.15, 0.2) is 0 Å². The lowest BCUT2D eigenvalue weighted by atomic mass is 10.2. The third kappa shape index (κ3) is 2.57. The van der Waals surface area contributed by atoms with Crippen LogP contribution < -0.4 is 5.84 Å². The maximum Gasteiger partial charge on any atom is 0.144 e. The zero-order valence-electron chi connectivity index (χ0n) is 6.90. The van der Waals surface area contributed by atoms with Gasteiger partial charge in [-0.25, -0.2) is 0 Å². The second-order valence-corrected chi connectivity index (χ2v) is 2.46. The van der Waals surface area contributed by atoms with Crippen LogP contribution in [0.4, 0.5) is 0 Å². The fourth-order valence-electron chi connectivity index (χ4n) is 0.821. The van der Waals surface area contributed by atoms with Gasteiger partial charge in [0.25, 0.3) is 0 Å². The van der Waals surface area contributed by atoms with Crippen molar-refractivity contribution in [1.29, 1.82) is 0 Å². The van der Waals surface area contributed by atoms with Crippen LogP contribution in [0.3, 0.4) is 0 Å². The van der Waals surface area contributed by atoms with Gasteiger partial charge < -0.3 is 10.7 Å². The molecule has 0 unspecified atom stereocenters. The Labute approximate surface area is 71.0 Å². The highest BCUT2D eigenvalue weighted by molar-refractivity contribution is 5.20. The molecule has 0 aliphatic rings. The molecule has 0 saturated carbocycles. The Bertz CT molecular complexity index is 256. The fourth-order valence-corrected chi connectivity index (χ4v) is 0.821. The number of nitrogens with two attached hydrogens (primary N) is 1. The molecule has 0 aliphatic carbocycles. The van der Waals surface area contributed by atoms with E-state index >= 15 is 0 Å². The molecule has 0 aromatic heterocycles. The Morgan fingerprint density at radius 1 is 1.33 bits per heavy atom. The molecule has 12 heavy (non-hydrogen) atoms. The number of nitrogens with zero attached hydrogens (tertiary/aromatic N) is 2. The predicted molar refractivity (Wildman–Crippen MR) is 45.0 cm³/mol. The number of hydrogen-bond acceptors (Lipinski definition) is 3. The van der Waals surface area contributed by atoms with Gasteiger partial charge in [-0.1, -0.05) is 29.8 Å². The molecule has 0 spiro atoms. The zero-order chi connectivity index (χ0) is 8.81. The van der Waals surface area contributed by atoms with E-state index < -0.39 is 0 Å². The lowest BCUT2D eigenvalue weighted by Gasteiger charge is -1.98. The van der Waals surface area contributed by atoms with Crippen molar-refractivity contribution < 1.29 is 4.84 Å². The molecule has 2 N–H and O–H groups in total. The van der Waals surface area contributed by atoms with Crippen LogP contribution in [0.25, 0.3) is 0 Å². The number of hydrogen-bond donors (Lipinski definition) is 1. The van der Waals surface area contributed by atoms with Gasteiger partial charge in [-0.05, 0) is 17.7 Å². The molecule has 0 heterocycles. The van der Waals surface area contributed by atoms with Gasteiger partial charge in [0, 0.05) is 5.28 Å². The Morgan fingerprint density at radius 3 is 2.58 bits per heavy atom. The highest BCUT2D eigenvalue weighted by Crippen LogP contribution is 2.04. The topological polar surface area (TPSA) is 60.0 Å². The van der Waals surface area contributed by atoms with Gasteiger partial charge in [0.05, 0.1) is 0 Å². The molecule has 0 bridgehead atoms. The van der Waals surface area contributed by atoms with Gasteiger partial charge in [-0.3, -0.25) is 0 Å². The third-order valence-electron chi connectivity index (χ3n) is 1.46. The predicted octanol–water partition coefficient (Wildman–Crippen LogP) is 1.75. The summed E-state index contributed by atoms with van der Waals surface area (Å²) in [6.45, 7) is 2.44. The molecule has 1 aromatic rings. The molecule has 1 aromatic carbocycles. The summed E-state index contributed by atoms with van der Waals surface area (Å²) in [6, 6.07) is 7.97. The van der Waals surface area contributed by atoms with E-state index in [1.54, 1.807) is 0 Å². The van der Waals surface area contributed by atoms with Crippen molar-refractivity contribution in [2.24, 2.45) is 16.3 Å². The monoisotopic (exact) mass is 165 g/mol. The Morgan fingerprint density at radius 2 is 2.00 bits per heavy atom. The molecule has 64 valence electrons. The minimum absolute atomic E-state index is 0.404. The molecule has 0 aliphatic heterocycles. The summed E-state index contributed by atoms with van der Waals surface area (Å²) in [7, 11) is 0. The van der Waals surface area contributed by atoms with Gasteiger partial charge in [-0.2, -0.15) is 0 Å². The largest absolute Gasteiger partial charge is 0.373 e. The normalized spacial score (nSPS) is 10.4. The minimum Gasteiger partial charge on any atom is -0.373 e. The number of rotatable bonds is 3. The lowest BCUT2D eigenvalue weighted by Crippen LogP contribution is -1.87. The van der Waals surface area contributed by atoms with Crippen LogP contribution in [0.1, 0.15) is 11.1 Å². The van der Waals surface area contributed by atoms with Crippen molar-refractivity contribution >= 4 is 0 Å². The molecule has 4 heteroatoms. The van der Waals surface area contributed by atoms with Crippen molar-refractivity contribution in [3.8, 4) is 0 Å². The Balaban J connectivity index is 2.47. The van der Waals surface area contributed by atoms with Crippen LogP contribution in [-0.2, 0) is 11.4 Å². The molecule has 0 atom stereocenters. The maximum absolute atomic E-state index is 4.75. The Kier molecular flexibility index (Phi) is 3.07. The highest BCUT2D eigenvalue weighted by atomic mass is 16.6. The summed E-state index contributed by atoms with van der Waals surface area (Å²) in [6.07, 6.45) is 0. The van der Waals surface area contributed by atoms with Crippen molar-refractivity contribution in [2.75, 3.05) is 0 Å². The van der Waals surface area contributed by atoms with E-state index in [9.17, 15) is 0 Å². The van der Waals surface area contributed by atoms with Crippen LogP contribution in [0, 0.1) is 6.92 Å². The van der Waals surface area contributed by atoms with E-state index in [-0.39, 0.29) is 0 Å². The van der Waals surface area contributed by atoms with Crippen LogP contribution >= 0.6 is 0 Å². The minimum atomic E-state index is 0.404. The van der Waals surface area contributed by atoms with Gasteiger partial charge in [-0.15, -0.1) is 0 Å². The molecule has 0 fully saturated rings. The molecular weight excluding hydrogens is 154 g/mol. The molecule has 0 saturated heterocycles. The molecular formula is C8H11N3O. The van der Waals surface area contributed by atoms with Crippen LogP contribution in [-0.4, -0.2) is 0 Å². The smallest absolute Gasteiger partial charge is 0.144 e. The first-order chi connectivity index (χ1) is 5.83. The summed E-state index contributed by atoms with van der Waals surface area (Å²) >= 11 is 0. The summed E-state index contributed by atoms with van der Waals surface area (Å²) in [4.78, 5) is 4.74. The quantitative estimate of drug-likeness (QED) is 0.421. The summed E-state index contributed by atoms with van der Waals surface area (Å²) in [5, 5.41) is 6.16. The third-order valence-corrected chi connectivity index (χ3v) is 1.46. The van der Waals surface area contributed by atoms with E-state index in [1.165, 1.54) is 5.56 Å². The first-order valence-corrected chi connectivity index (χ1v) is 3.60.